The molecule has 0 amide bonds. The molecule has 0 radical (unpaired) electrons. The highest BCUT2D eigenvalue weighted by molar-refractivity contribution is 7.08. The lowest BCUT2D eigenvalue weighted by atomic mass is 10.1. The summed E-state index contributed by atoms with van der Waals surface area (Å²) < 4.78 is 2.15. The standard InChI is InChI=1S/C22H16N2OS/c1-16(25)18-10-8-17(9-11-18)5-4-13-24-21-7-3-2-6-20(21)23-22(24)19-12-14-26-15-19/h2-3,6-12,14-15H,13H2,1H3. The predicted octanol–water partition coefficient (Wildman–Crippen LogP) is 5.02. The molecule has 0 aliphatic rings. The van der Waals surface area contributed by atoms with Crippen molar-refractivity contribution in [2.24, 2.45) is 0 Å². The Hall–Kier alpha value is -3.16. The first-order valence-electron chi connectivity index (χ1n) is 8.30. The van der Waals surface area contributed by atoms with Crippen LogP contribution in [-0.4, -0.2) is 15.3 Å². The summed E-state index contributed by atoms with van der Waals surface area (Å²) >= 11 is 1.66. The van der Waals surface area contributed by atoms with E-state index < -0.39 is 0 Å². The summed E-state index contributed by atoms with van der Waals surface area (Å²) in [6.45, 7) is 2.12. The molecule has 126 valence electrons. The molecule has 3 nitrogen and oxygen atoms in total. The van der Waals surface area contributed by atoms with Crippen molar-refractivity contribution in [3.63, 3.8) is 0 Å². The summed E-state index contributed by atoms with van der Waals surface area (Å²) in [6, 6.07) is 17.6. The number of carbonyl (C=O) groups is 1. The Morgan fingerprint density at radius 1 is 1.12 bits per heavy atom. The smallest absolute Gasteiger partial charge is 0.159 e. The van der Waals surface area contributed by atoms with E-state index >= 15 is 0 Å². The average Bonchev–Trinajstić information content (AvgIpc) is 3.30. The van der Waals surface area contributed by atoms with Crippen LogP contribution in [0.15, 0.2) is 65.4 Å². The second kappa shape index (κ2) is 6.99. The van der Waals surface area contributed by atoms with Gasteiger partial charge in [0.15, 0.2) is 5.78 Å². The molecule has 2 aromatic carbocycles. The predicted molar refractivity (Wildman–Crippen MR) is 106 cm³/mol. The van der Waals surface area contributed by atoms with Gasteiger partial charge in [0.25, 0.3) is 0 Å². The Kier molecular flexibility index (Phi) is 4.39. The summed E-state index contributed by atoms with van der Waals surface area (Å²) in [5.74, 6) is 7.42. The number of hydrogen-bond acceptors (Lipinski definition) is 3. The molecule has 4 aromatic rings. The summed E-state index contributed by atoms with van der Waals surface area (Å²) in [7, 11) is 0. The van der Waals surface area contributed by atoms with E-state index in [9.17, 15) is 4.79 Å². The Labute approximate surface area is 155 Å². The number of carbonyl (C=O) groups excluding carboxylic acids is 1. The number of imidazole rings is 1. The van der Waals surface area contributed by atoms with E-state index in [1.165, 1.54) is 0 Å². The second-order valence-electron chi connectivity index (χ2n) is 5.96. The van der Waals surface area contributed by atoms with Crippen molar-refractivity contribution in [2.75, 3.05) is 0 Å². The molecule has 0 aliphatic carbocycles. The minimum absolute atomic E-state index is 0.0646. The fourth-order valence-electron chi connectivity index (χ4n) is 2.86. The largest absolute Gasteiger partial charge is 0.312 e. The van der Waals surface area contributed by atoms with Crippen molar-refractivity contribution < 1.29 is 4.79 Å². The normalized spacial score (nSPS) is 10.5. The van der Waals surface area contributed by atoms with Crippen LogP contribution in [0.4, 0.5) is 0 Å². The monoisotopic (exact) mass is 356 g/mol. The zero-order chi connectivity index (χ0) is 17.9. The van der Waals surface area contributed by atoms with Crippen molar-refractivity contribution in [3.8, 4) is 23.2 Å². The fourth-order valence-corrected chi connectivity index (χ4v) is 3.49. The van der Waals surface area contributed by atoms with Gasteiger partial charge in [0.2, 0.25) is 0 Å². The van der Waals surface area contributed by atoms with E-state index in [-0.39, 0.29) is 5.78 Å². The van der Waals surface area contributed by atoms with Gasteiger partial charge in [0, 0.05) is 22.1 Å². The molecule has 2 aromatic heterocycles. The lowest BCUT2D eigenvalue weighted by molar-refractivity contribution is 0.101. The van der Waals surface area contributed by atoms with Gasteiger partial charge in [-0.25, -0.2) is 4.98 Å². The quantitative estimate of drug-likeness (QED) is 0.382. The second-order valence-corrected chi connectivity index (χ2v) is 6.74. The Morgan fingerprint density at radius 3 is 2.65 bits per heavy atom. The molecule has 0 N–H and O–H groups in total. The molecule has 0 atom stereocenters. The van der Waals surface area contributed by atoms with E-state index in [1.54, 1.807) is 18.3 Å². The third kappa shape index (κ3) is 3.17. The molecule has 0 saturated carbocycles. The van der Waals surface area contributed by atoms with Gasteiger partial charge in [-0.3, -0.25) is 4.79 Å². The van der Waals surface area contributed by atoms with E-state index in [1.807, 2.05) is 42.5 Å². The van der Waals surface area contributed by atoms with Crippen LogP contribution in [0.25, 0.3) is 22.4 Å². The van der Waals surface area contributed by atoms with Gasteiger partial charge >= 0.3 is 0 Å². The SMILES string of the molecule is CC(=O)c1ccc(C#CCn2c(-c3ccsc3)nc3ccccc32)cc1. The van der Waals surface area contributed by atoms with Crippen molar-refractivity contribution in [3.05, 3.63) is 76.5 Å². The van der Waals surface area contributed by atoms with E-state index in [2.05, 4.69) is 39.3 Å². The molecule has 4 rings (SSSR count). The molecule has 0 bridgehead atoms. The van der Waals surface area contributed by atoms with Gasteiger partial charge in [-0.2, -0.15) is 11.3 Å². The van der Waals surface area contributed by atoms with Gasteiger partial charge in [0.05, 0.1) is 17.6 Å². The molecule has 0 saturated heterocycles. The summed E-state index contributed by atoms with van der Waals surface area (Å²) in [5, 5.41) is 4.16. The van der Waals surface area contributed by atoms with Crippen LogP contribution in [0.2, 0.25) is 0 Å². The summed E-state index contributed by atoms with van der Waals surface area (Å²) in [4.78, 5) is 16.1. The number of nitrogens with zero attached hydrogens (tertiary/aromatic N) is 2. The number of para-hydroxylation sites is 2. The van der Waals surface area contributed by atoms with E-state index in [4.69, 9.17) is 4.98 Å². The molecular weight excluding hydrogens is 340 g/mol. The minimum atomic E-state index is 0.0646. The van der Waals surface area contributed by atoms with Crippen molar-refractivity contribution >= 4 is 28.2 Å². The van der Waals surface area contributed by atoms with Crippen LogP contribution >= 0.6 is 11.3 Å². The molecular formula is C22H16N2OS. The van der Waals surface area contributed by atoms with Gasteiger partial charge in [-0.15, -0.1) is 0 Å². The lowest BCUT2D eigenvalue weighted by Crippen LogP contribution is -1.98. The lowest BCUT2D eigenvalue weighted by Gasteiger charge is -2.03. The van der Waals surface area contributed by atoms with Crippen molar-refractivity contribution in [2.45, 2.75) is 13.5 Å². The highest BCUT2D eigenvalue weighted by Gasteiger charge is 2.11. The van der Waals surface area contributed by atoms with Crippen LogP contribution in [0.1, 0.15) is 22.8 Å². The van der Waals surface area contributed by atoms with Gasteiger partial charge in [-0.1, -0.05) is 36.1 Å². The molecule has 0 fully saturated rings. The first-order chi connectivity index (χ1) is 12.7. The van der Waals surface area contributed by atoms with E-state index in [0.717, 1.165) is 28.0 Å². The number of hydrogen-bond donors (Lipinski definition) is 0. The number of aromatic nitrogens is 2. The molecule has 4 heteroatoms. The first kappa shape index (κ1) is 16.3. The fraction of sp³-hybridized carbons (Fsp3) is 0.0909. The Morgan fingerprint density at radius 2 is 1.92 bits per heavy atom. The van der Waals surface area contributed by atoms with Crippen LogP contribution in [0.3, 0.4) is 0 Å². The van der Waals surface area contributed by atoms with Crippen LogP contribution in [0, 0.1) is 11.8 Å². The third-order valence-corrected chi connectivity index (χ3v) is 4.88. The zero-order valence-corrected chi connectivity index (χ0v) is 15.1. The zero-order valence-electron chi connectivity index (χ0n) is 14.3. The Balaban J connectivity index is 1.67. The maximum atomic E-state index is 11.4. The number of benzene rings is 2. The number of rotatable bonds is 3. The van der Waals surface area contributed by atoms with Crippen molar-refractivity contribution in [1.29, 1.82) is 0 Å². The minimum Gasteiger partial charge on any atom is -0.312 e. The van der Waals surface area contributed by atoms with Gasteiger partial charge in [0.1, 0.15) is 5.82 Å². The molecule has 0 spiro atoms. The average molecular weight is 356 g/mol. The molecule has 2 heterocycles. The van der Waals surface area contributed by atoms with Crippen LogP contribution in [0.5, 0.6) is 0 Å². The Bertz CT molecular complexity index is 1130. The van der Waals surface area contributed by atoms with Crippen LogP contribution < -0.4 is 0 Å². The van der Waals surface area contributed by atoms with Crippen molar-refractivity contribution in [1.82, 2.24) is 9.55 Å². The number of ketones is 1. The third-order valence-electron chi connectivity index (χ3n) is 4.20. The maximum absolute atomic E-state index is 11.4. The molecule has 0 unspecified atom stereocenters. The van der Waals surface area contributed by atoms with Gasteiger partial charge < -0.3 is 4.57 Å². The summed E-state index contributed by atoms with van der Waals surface area (Å²) in [6.07, 6.45) is 0. The maximum Gasteiger partial charge on any atom is 0.159 e. The van der Waals surface area contributed by atoms with E-state index in [0.29, 0.717) is 12.1 Å². The number of Topliss-reactive ketones (excluding diaryl/α,β-unsaturated/α-hetero) is 1. The molecule has 26 heavy (non-hydrogen) atoms. The number of fused-ring (bicyclic) bond motifs is 1. The van der Waals surface area contributed by atoms with Crippen LogP contribution in [-0.2, 0) is 6.54 Å². The molecule has 0 aliphatic heterocycles. The highest BCUT2D eigenvalue weighted by atomic mass is 32.1. The first-order valence-corrected chi connectivity index (χ1v) is 9.24. The highest BCUT2D eigenvalue weighted by Crippen LogP contribution is 2.26. The topological polar surface area (TPSA) is 34.9 Å². The summed E-state index contributed by atoms with van der Waals surface area (Å²) in [5.41, 5.74) is 4.77. The number of thiophene rings is 1. The van der Waals surface area contributed by atoms with Gasteiger partial charge in [-0.05, 0) is 42.6 Å².